The largest absolute Gasteiger partial charge is 0.478 e. The number of rotatable bonds is 6. The molecule has 2 rings (SSSR count). The van der Waals surface area contributed by atoms with E-state index in [1.54, 1.807) is 11.3 Å². The number of aromatic nitrogens is 3. The van der Waals surface area contributed by atoms with Crippen LogP contribution in [0.25, 0.3) is 0 Å². The van der Waals surface area contributed by atoms with Gasteiger partial charge in [0.1, 0.15) is 17.2 Å². The smallest absolute Gasteiger partial charge is 0.218 e. The lowest BCUT2D eigenvalue weighted by atomic mass is 10.4. The highest BCUT2D eigenvalue weighted by Gasteiger charge is 2.08. The van der Waals surface area contributed by atoms with Crippen LogP contribution >= 0.6 is 11.3 Å². The summed E-state index contributed by atoms with van der Waals surface area (Å²) in [5, 5.41) is 1.09. The Bertz CT molecular complexity index is 529. The van der Waals surface area contributed by atoms with Crippen LogP contribution in [-0.2, 0) is 13.0 Å². The number of nitrogens with zero attached hydrogens (tertiary/aromatic N) is 4. The van der Waals surface area contributed by atoms with Crippen molar-refractivity contribution in [3.05, 3.63) is 28.5 Å². The van der Waals surface area contributed by atoms with Crippen LogP contribution in [-0.4, -0.2) is 28.6 Å². The summed E-state index contributed by atoms with van der Waals surface area (Å²) in [5.41, 5.74) is 0. The number of hydrogen-bond donors (Lipinski definition) is 0. The molecule has 0 aliphatic carbocycles. The first-order valence-corrected chi connectivity index (χ1v) is 7.14. The monoisotopic (exact) mass is 278 g/mol. The first kappa shape index (κ1) is 13.7. The van der Waals surface area contributed by atoms with E-state index in [0.29, 0.717) is 12.5 Å². The number of thiazole rings is 1. The highest BCUT2D eigenvalue weighted by Crippen LogP contribution is 2.19. The van der Waals surface area contributed by atoms with Crippen molar-refractivity contribution in [1.82, 2.24) is 15.0 Å². The predicted octanol–water partition coefficient (Wildman–Crippen LogP) is 2.53. The molecule has 2 aromatic heterocycles. The third-order valence-corrected chi connectivity index (χ3v) is 3.76. The maximum Gasteiger partial charge on any atom is 0.218 e. The topological polar surface area (TPSA) is 51.1 Å². The number of aryl methyl sites for hydroxylation is 1. The van der Waals surface area contributed by atoms with E-state index in [9.17, 15) is 0 Å². The van der Waals surface area contributed by atoms with Crippen LogP contribution in [0.4, 0.5) is 5.82 Å². The summed E-state index contributed by atoms with van der Waals surface area (Å²) in [7, 11) is 1.99. The molecule has 2 heterocycles. The van der Waals surface area contributed by atoms with Gasteiger partial charge in [0.15, 0.2) is 0 Å². The Hall–Kier alpha value is -1.69. The van der Waals surface area contributed by atoms with E-state index in [0.717, 1.165) is 23.8 Å². The molecule has 5 nitrogen and oxygen atoms in total. The van der Waals surface area contributed by atoms with Crippen molar-refractivity contribution in [2.45, 2.75) is 26.8 Å². The second-order valence-electron chi connectivity index (χ2n) is 4.08. The minimum Gasteiger partial charge on any atom is -0.478 e. The SMILES string of the molecule is CCOc1cc(N(C)Cc2ncc(CC)s2)ncn1. The van der Waals surface area contributed by atoms with Crippen LogP contribution in [0.15, 0.2) is 18.6 Å². The fourth-order valence-corrected chi connectivity index (χ4v) is 2.55. The van der Waals surface area contributed by atoms with Crippen molar-refractivity contribution in [1.29, 1.82) is 0 Å². The molecule has 0 aromatic carbocycles. The normalized spacial score (nSPS) is 10.5. The third-order valence-electron chi connectivity index (χ3n) is 2.63. The van der Waals surface area contributed by atoms with E-state index in [2.05, 4.69) is 21.9 Å². The molecule has 102 valence electrons. The van der Waals surface area contributed by atoms with Crippen molar-refractivity contribution in [2.75, 3.05) is 18.6 Å². The highest BCUT2D eigenvalue weighted by molar-refractivity contribution is 7.11. The van der Waals surface area contributed by atoms with Gasteiger partial charge in [0.2, 0.25) is 5.88 Å². The lowest BCUT2D eigenvalue weighted by Crippen LogP contribution is -2.17. The maximum atomic E-state index is 5.38. The predicted molar refractivity (Wildman–Crippen MR) is 76.8 cm³/mol. The van der Waals surface area contributed by atoms with Gasteiger partial charge >= 0.3 is 0 Å². The molecule has 0 saturated carbocycles. The Morgan fingerprint density at radius 2 is 2.11 bits per heavy atom. The van der Waals surface area contributed by atoms with E-state index < -0.39 is 0 Å². The lowest BCUT2D eigenvalue weighted by Gasteiger charge is -2.16. The molecule has 0 saturated heterocycles. The Balaban J connectivity index is 2.06. The maximum absolute atomic E-state index is 5.38. The molecule has 0 fully saturated rings. The lowest BCUT2D eigenvalue weighted by molar-refractivity contribution is 0.326. The summed E-state index contributed by atoms with van der Waals surface area (Å²) >= 11 is 1.74. The molecule has 0 aliphatic rings. The van der Waals surface area contributed by atoms with Gasteiger partial charge in [-0.15, -0.1) is 11.3 Å². The number of ether oxygens (including phenoxy) is 1. The summed E-state index contributed by atoms with van der Waals surface area (Å²) in [4.78, 5) is 16.1. The van der Waals surface area contributed by atoms with Gasteiger partial charge in [-0.2, -0.15) is 0 Å². The van der Waals surface area contributed by atoms with Crippen LogP contribution in [0.3, 0.4) is 0 Å². The van der Waals surface area contributed by atoms with Gasteiger partial charge in [0, 0.05) is 24.2 Å². The standard InChI is InChI=1S/C13H18N4OS/c1-4-10-7-14-13(19-10)8-17(3)11-6-12(18-5-2)16-9-15-11/h6-7,9H,4-5,8H2,1-3H3. The molecule has 0 spiro atoms. The van der Waals surface area contributed by atoms with E-state index in [4.69, 9.17) is 4.74 Å². The summed E-state index contributed by atoms with van der Waals surface area (Å²) in [6, 6.07) is 1.85. The molecule has 2 aromatic rings. The second-order valence-corrected chi connectivity index (χ2v) is 5.28. The average Bonchev–Trinajstić information content (AvgIpc) is 2.87. The van der Waals surface area contributed by atoms with E-state index in [1.165, 1.54) is 11.2 Å². The van der Waals surface area contributed by atoms with Gasteiger partial charge in [0.25, 0.3) is 0 Å². The van der Waals surface area contributed by atoms with Gasteiger partial charge in [0.05, 0.1) is 13.2 Å². The van der Waals surface area contributed by atoms with Crippen LogP contribution in [0, 0.1) is 0 Å². The molecule has 0 radical (unpaired) electrons. The first-order valence-electron chi connectivity index (χ1n) is 6.32. The second kappa shape index (κ2) is 6.47. The Morgan fingerprint density at radius 3 is 2.79 bits per heavy atom. The van der Waals surface area contributed by atoms with Crippen molar-refractivity contribution < 1.29 is 4.74 Å². The molecule has 6 heteroatoms. The fourth-order valence-electron chi connectivity index (χ4n) is 1.63. The zero-order valence-electron chi connectivity index (χ0n) is 11.5. The zero-order valence-corrected chi connectivity index (χ0v) is 12.3. The van der Waals surface area contributed by atoms with Crippen LogP contribution < -0.4 is 9.64 Å². The van der Waals surface area contributed by atoms with Crippen LogP contribution in [0.1, 0.15) is 23.7 Å². The van der Waals surface area contributed by atoms with Gasteiger partial charge in [-0.1, -0.05) is 6.92 Å². The number of anilines is 1. The average molecular weight is 278 g/mol. The summed E-state index contributed by atoms with van der Waals surface area (Å²) < 4.78 is 5.38. The quantitative estimate of drug-likeness (QED) is 0.812. The van der Waals surface area contributed by atoms with Gasteiger partial charge in [-0.25, -0.2) is 15.0 Å². The minimum absolute atomic E-state index is 0.604. The summed E-state index contributed by atoms with van der Waals surface area (Å²) in [6.07, 6.45) is 4.50. The van der Waals surface area contributed by atoms with E-state index >= 15 is 0 Å². The first-order chi connectivity index (χ1) is 9.22. The fraction of sp³-hybridized carbons (Fsp3) is 0.462. The molecule has 0 N–H and O–H groups in total. The molecular formula is C13H18N4OS. The highest BCUT2D eigenvalue weighted by atomic mass is 32.1. The molecule has 0 atom stereocenters. The van der Waals surface area contributed by atoms with Crippen molar-refractivity contribution in [3.63, 3.8) is 0 Å². The molecule has 0 bridgehead atoms. The molecule has 0 aliphatic heterocycles. The Labute approximate surface area is 117 Å². The van der Waals surface area contributed by atoms with E-state index in [1.807, 2.05) is 31.1 Å². The molecular weight excluding hydrogens is 260 g/mol. The van der Waals surface area contributed by atoms with Gasteiger partial charge in [-0.05, 0) is 13.3 Å². The molecule has 19 heavy (non-hydrogen) atoms. The summed E-state index contributed by atoms with van der Waals surface area (Å²) in [5.74, 6) is 1.44. The third kappa shape index (κ3) is 3.64. The Morgan fingerprint density at radius 1 is 1.26 bits per heavy atom. The zero-order chi connectivity index (χ0) is 13.7. The van der Waals surface area contributed by atoms with Gasteiger partial charge < -0.3 is 9.64 Å². The van der Waals surface area contributed by atoms with E-state index in [-0.39, 0.29) is 0 Å². The van der Waals surface area contributed by atoms with Crippen molar-refractivity contribution in [3.8, 4) is 5.88 Å². The Kier molecular flexibility index (Phi) is 4.68. The van der Waals surface area contributed by atoms with Crippen molar-refractivity contribution in [2.24, 2.45) is 0 Å². The molecule has 0 unspecified atom stereocenters. The molecule has 0 amide bonds. The number of hydrogen-bond acceptors (Lipinski definition) is 6. The van der Waals surface area contributed by atoms with Crippen LogP contribution in [0.5, 0.6) is 5.88 Å². The van der Waals surface area contributed by atoms with Gasteiger partial charge in [-0.3, -0.25) is 0 Å². The summed E-state index contributed by atoms with van der Waals surface area (Å²) in [6.45, 7) is 5.42. The minimum atomic E-state index is 0.604. The van der Waals surface area contributed by atoms with Crippen LogP contribution in [0.2, 0.25) is 0 Å². The van der Waals surface area contributed by atoms with Crippen molar-refractivity contribution >= 4 is 17.2 Å².